The zero-order chi connectivity index (χ0) is 23.6. The number of ether oxygens (including phenoxy) is 2. The highest BCUT2D eigenvalue weighted by Crippen LogP contribution is 2.52. The number of carbonyl (C=O) groups excluding carboxylic acids is 2. The van der Waals surface area contributed by atoms with Gasteiger partial charge in [-0.15, -0.1) is 0 Å². The second-order valence-corrected chi connectivity index (χ2v) is 10.3. The van der Waals surface area contributed by atoms with Crippen LogP contribution in [0.1, 0.15) is 37.7 Å². The van der Waals surface area contributed by atoms with Gasteiger partial charge in [-0.1, -0.05) is 48.5 Å². The number of benzene rings is 2. The van der Waals surface area contributed by atoms with Crippen LogP contribution in [0.4, 0.5) is 0 Å². The van der Waals surface area contributed by atoms with Gasteiger partial charge in [0, 0.05) is 6.42 Å². The summed E-state index contributed by atoms with van der Waals surface area (Å²) >= 11 is 0. The van der Waals surface area contributed by atoms with Gasteiger partial charge in [0.2, 0.25) is 9.84 Å². The molecule has 0 atom stereocenters. The van der Waals surface area contributed by atoms with Crippen molar-refractivity contribution in [3.8, 4) is 0 Å². The molecule has 0 unspecified atom stereocenters. The molecule has 172 valence electrons. The van der Waals surface area contributed by atoms with Gasteiger partial charge in [0.05, 0.1) is 24.0 Å². The first-order valence-electron chi connectivity index (χ1n) is 10.8. The Morgan fingerprint density at radius 2 is 1.39 bits per heavy atom. The minimum Gasteiger partial charge on any atom is -0.468 e. The second kappa shape index (κ2) is 8.98. The van der Waals surface area contributed by atoms with Gasteiger partial charge in [-0.3, -0.25) is 9.59 Å². The van der Waals surface area contributed by atoms with Crippen molar-refractivity contribution < 1.29 is 27.5 Å². The van der Waals surface area contributed by atoms with Gasteiger partial charge in [0.1, 0.15) is 0 Å². The number of rotatable bonds is 5. The lowest BCUT2D eigenvalue weighted by molar-refractivity contribution is -0.169. The molecule has 0 bridgehead atoms. The van der Waals surface area contributed by atoms with Gasteiger partial charge in [0.15, 0.2) is 5.41 Å². The summed E-state index contributed by atoms with van der Waals surface area (Å²) in [7, 11) is -1.56. The Kier molecular flexibility index (Phi) is 6.26. The zero-order valence-corrected chi connectivity index (χ0v) is 19.5. The number of esters is 2. The first-order valence-corrected chi connectivity index (χ1v) is 12.3. The highest BCUT2D eigenvalue weighted by atomic mass is 32.2. The van der Waals surface area contributed by atoms with E-state index in [2.05, 4.69) is 0 Å². The number of carbonyl (C=O) groups is 2. The van der Waals surface area contributed by atoms with E-state index in [1.807, 2.05) is 30.3 Å². The van der Waals surface area contributed by atoms with Crippen molar-refractivity contribution in [2.75, 3.05) is 14.2 Å². The largest absolute Gasteiger partial charge is 0.468 e. The maximum Gasteiger partial charge on any atom is 0.323 e. The molecule has 0 N–H and O–H groups in total. The summed E-state index contributed by atoms with van der Waals surface area (Å²) in [6.45, 7) is 0. The molecule has 0 aliphatic heterocycles. The molecule has 33 heavy (non-hydrogen) atoms. The smallest absolute Gasteiger partial charge is 0.323 e. The molecule has 2 aromatic carbocycles. The first kappa shape index (κ1) is 23.0. The SMILES string of the molecule is COC(=O)C1(C(=O)OC)CCCC2=C(c3ccccc3)C/C2=C(\S(=O)(=O)c2ccccc2)C1. The molecule has 0 aromatic heterocycles. The van der Waals surface area contributed by atoms with Crippen LogP contribution in [0.5, 0.6) is 0 Å². The third-order valence-corrected chi connectivity index (χ3v) is 8.50. The topological polar surface area (TPSA) is 86.7 Å². The summed E-state index contributed by atoms with van der Waals surface area (Å²) in [5.41, 5.74) is 2.13. The van der Waals surface area contributed by atoms with Crippen molar-refractivity contribution in [2.45, 2.75) is 37.0 Å². The van der Waals surface area contributed by atoms with E-state index in [1.165, 1.54) is 26.4 Å². The molecule has 6 nitrogen and oxygen atoms in total. The molecular formula is C26H26O6S. The minimum atomic E-state index is -3.96. The van der Waals surface area contributed by atoms with E-state index in [4.69, 9.17) is 9.47 Å². The predicted octanol–water partition coefficient (Wildman–Crippen LogP) is 4.48. The molecule has 2 aromatic rings. The molecule has 0 amide bonds. The molecular weight excluding hydrogens is 440 g/mol. The Hall–Kier alpha value is -3.19. The number of hydrogen-bond donors (Lipinski definition) is 0. The van der Waals surface area contributed by atoms with Crippen molar-refractivity contribution in [1.29, 1.82) is 0 Å². The second-order valence-electron chi connectivity index (χ2n) is 8.31. The van der Waals surface area contributed by atoms with Crippen LogP contribution >= 0.6 is 0 Å². The fourth-order valence-corrected chi connectivity index (χ4v) is 6.56. The van der Waals surface area contributed by atoms with E-state index in [0.717, 1.165) is 16.7 Å². The van der Waals surface area contributed by atoms with E-state index in [9.17, 15) is 18.0 Å². The molecule has 2 aliphatic rings. The number of hydrogen-bond acceptors (Lipinski definition) is 6. The van der Waals surface area contributed by atoms with Crippen LogP contribution in [0.15, 0.2) is 81.6 Å². The third-order valence-electron chi connectivity index (χ3n) is 6.56. The van der Waals surface area contributed by atoms with Crippen LogP contribution < -0.4 is 0 Å². The molecule has 0 saturated carbocycles. The zero-order valence-electron chi connectivity index (χ0n) is 18.7. The van der Waals surface area contributed by atoms with Gasteiger partial charge in [-0.2, -0.15) is 0 Å². The lowest BCUT2D eigenvalue weighted by atomic mass is 9.70. The average Bonchev–Trinajstić information content (AvgIpc) is 2.83. The van der Waals surface area contributed by atoms with Gasteiger partial charge in [0.25, 0.3) is 0 Å². The summed E-state index contributed by atoms with van der Waals surface area (Å²) in [4.78, 5) is 26.0. The van der Waals surface area contributed by atoms with Crippen LogP contribution in [-0.4, -0.2) is 34.6 Å². The van der Waals surface area contributed by atoms with Crippen LogP contribution in [0.25, 0.3) is 5.57 Å². The number of allylic oxidation sites excluding steroid dienone is 4. The quantitative estimate of drug-likeness (QED) is 0.477. The molecule has 2 aliphatic carbocycles. The van der Waals surface area contributed by atoms with E-state index < -0.39 is 27.2 Å². The van der Waals surface area contributed by atoms with Crippen LogP contribution in [-0.2, 0) is 28.9 Å². The van der Waals surface area contributed by atoms with E-state index in [1.54, 1.807) is 18.2 Å². The Morgan fingerprint density at radius 1 is 0.818 bits per heavy atom. The molecule has 7 heteroatoms. The third kappa shape index (κ3) is 3.91. The van der Waals surface area contributed by atoms with Crippen molar-refractivity contribution >= 4 is 27.3 Å². The lowest BCUT2D eigenvalue weighted by Gasteiger charge is -2.37. The Balaban J connectivity index is 1.94. The van der Waals surface area contributed by atoms with E-state index in [0.29, 0.717) is 24.8 Å². The summed E-state index contributed by atoms with van der Waals surface area (Å²) in [6, 6.07) is 18.0. The van der Waals surface area contributed by atoms with Crippen LogP contribution in [0.2, 0.25) is 0 Å². The summed E-state index contributed by atoms with van der Waals surface area (Å²) < 4.78 is 37.6. The first-order chi connectivity index (χ1) is 15.8. The van der Waals surface area contributed by atoms with Crippen molar-refractivity contribution in [3.63, 3.8) is 0 Å². The fourth-order valence-electron chi connectivity index (χ4n) is 4.81. The van der Waals surface area contributed by atoms with Gasteiger partial charge >= 0.3 is 11.9 Å². The number of fused-ring (bicyclic) bond motifs is 1. The van der Waals surface area contributed by atoms with Crippen molar-refractivity contribution in [3.05, 3.63) is 82.3 Å². The Morgan fingerprint density at radius 3 is 1.97 bits per heavy atom. The van der Waals surface area contributed by atoms with Crippen LogP contribution in [0.3, 0.4) is 0 Å². The fraction of sp³-hybridized carbons (Fsp3) is 0.308. The summed E-state index contributed by atoms with van der Waals surface area (Å²) in [5.74, 6) is -1.54. The molecule has 0 fully saturated rings. The van der Waals surface area contributed by atoms with Gasteiger partial charge < -0.3 is 9.47 Å². The standard InChI is InChI=1S/C26H26O6S/c1-31-24(27)26(25(28)32-2)15-9-14-20-21(18-10-5-3-6-11-18)16-22(20)23(17-26)33(29,30)19-12-7-4-8-13-19/h3-8,10-13H,9,14-17H2,1-2H3/b23-22+. The minimum absolute atomic E-state index is 0.0962. The van der Waals surface area contributed by atoms with Crippen molar-refractivity contribution in [2.24, 2.45) is 5.41 Å². The average molecular weight is 467 g/mol. The van der Waals surface area contributed by atoms with Gasteiger partial charge in [-0.05, 0) is 60.1 Å². The summed E-state index contributed by atoms with van der Waals surface area (Å²) in [5, 5.41) is 0. The summed E-state index contributed by atoms with van der Waals surface area (Å²) in [6.07, 6.45) is 1.39. The van der Waals surface area contributed by atoms with Crippen LogP contribution in [0, 0.1) is 5.41 Å². The van der Waals surface area contributed by atoms with Gasteiger partial charge in [-0.25, -0.2) is 8.42 Å². The molecule has 0 heterocycles. The number of methoxy groups -OCH3 is 2. The molecule has 0 radical (unpaired) electrons. The monoisotopic (exact) mass is 466 g/mol. The predicted molar refractivity (Wildman–Crippen MR) is 124 cm³/mol. The Bertz CT molecular complexity index is 1220. The highest BCUT2D eigenvalue weighted by Gasteiger charge is 2.52. The van der Waals surface area contributed by atoms with Crippen molar-refractivity contribution in [1.82, 2.24) is 0 Å². The highest BCUT2D eigenvalue weighted by molar-refractivity contribution is 7.95. The maximum absolute atomic E-state index is 13.8. The maximum atomic E-state index is 13.8. The Labute approximate surface area is 193 Å². The van der Waals surface area contributed by atoms with E-state index >= 15 is 0 Å². The van der Waals surface area contributed by atoms with E-state index in [-0.39, 0.29) is 22.6 Å². The lowest BCUT2D eigenvalue weighted by Crippen LogP contribution is -2.43. The molecule has 4 rings (SSSR count). The number of sulfone groups is 1. The normalized spacial score (nSPS) is 20.1. The molecule has 0 saturated heterocycles. The molecule has 0 spiro atoms.